The zero-order valence-electron chi connectivity index (χ0n) is 18.1. The van der Waals surface area contributed by atoms with Crippen molar-refractivity contribution in [3.8, 4) is 0 Å². The molecule has 0 saturated carbocycles. The third-order valence-corrected chi connectivity index (χ3v) is 6.49. The van der Waals surface area contributed by atoms with Crippen molar-refractivity contribution in [3.05, 3.63) is 101 Å². The number of hydrogen-bond donors (Lipinski definition) is 0. The van der Waals surface area contributed by atoms with Crippen LogP contribution in [0.25, 0.3) is 10.9 Å². The van der Waals surface area contributed by atoms with Gasteiger partial charge in [0.25, 0.3) is 0 Å². The Kier molecular flexibility index (Phi) is 4.92. The van der Waals surface area contributed by atoms with E-state index in [9.17, 15) is 0 Å². The minimum atomic E-state index is 0.291. The summed E-state index contributed by atoms with van der Waals surface area (Å²) >= 11 is 0. The molecule has 152 valence electrons. The number of hydrogen-bond acceptors (Lipinski definition) is 2. The van der Waals surface area contributed by atoms with E-state index in [1.54, 1.807) is 0 Å². The first-order valence-electron chi connectivity index (χ1n) is 10.9. The Morgan fingerprint density at radius 3 is 2.60 bits per heavy atom. The van der Waals surface area contributed by atoms with E-state index in [0.29, 0.717) is 6.04 Å². The average Bonchev–Trinajstić information content (AvgIpc) is 3.06. The number of benzene rings is 2. The molecule has 4 aromatic rings. The molecular weight excluding hydrogens is 366 g/mol. The van der Waals surface area contributed by atoms with Gasteiger partial charge in [-0.3, -0.25) is 9.88 Å². The molecule has 2 aromatic heterocycles. The summed E-state index contributed by atoms with van der Waals surface area (Å²) in [5.41, 5.74) is 9.44. The van der Waals surface area contributed by atoms with Crippen molar-refractivity contribution in [2.24, 2.45) is 0 Å². The van der Waals surface area contributed by atoms with E-state index in [0.717, 1.165) is 31.6 Å². The monoisotopic (exact) mass is 395 g/mol. The third kappa shape index (κ3) is 3.33. The molecule has 3 heterocycles. The summed E-state index contributed by atoms with van der Waals surface area (Å²) in [6.45, 7) is 6.30. The first kappa shape index (κ1) is 19.1. The fraction of sp³-hybridized carbons (Fsp3) is 0.296. The van der Waals surface area contributed by atoms with E-state index in [4.69, 9.17) is 0 Å². The normalized spacial score (nSPS) is 16.7. The zero-order chi connectivity index (χ0) is 20.7. The number of nitrogens with zero attached hydrogens (tertiary/aromatic N) is 3. The fourth-order valence-electron chi connectivity index (χ4n) is 4.93. The van der Waals surface area contributed by atoms with E-state index < -0.39 is 0 Å². The predicted molar refractivity (Wildman–Crippen MR) is 124 cm³/mol. The van der Waals surface area contributed by atoms with Crippen LogP contribution in [0.1, 0.15) is 39.7 Å². The van der Waals surface area contributed by atoms with Gasteiger partial charge in [0, 0.05) is 41.6 Å². The maximum Gasteiger partial charge on any atom is 0.0757 e. The second kappa shape index (κ2) is 7.73. The molecule has 30 heavy (non-hydrogen) atoms. The van der Waals surface area contributed by atoms with E-state index in [2.05, 4.69) is 89.1 Å². The minimum absolute atomic E-state index is 0.291. The van der Waals surface area contributed by atoms with Crippen LogP contribution in [0.3, 0.4) is 0 Å². The SMILES string of the molecule is Cc1ccc2c(c1)c1c(n2CCc2ccc(C)nc2)C(c2ccccc2)N(C)CC1. The molecule has 0 radical (unpaired) electrons. The Labute approximate surface area is 179 Å². The van der Waals surface area contributed by atoms with Gasteiger partial charge in [0.05, 0.1) is 6.04 Å². The molecule has 0 spiro atoms. The zero-order valence-corrected chi connectivity index (χ0v) is 18.1. The highest BCUT2D eigenvalue weighted by Crippen LogP contribution is 2.40. The van der Waals surface area contributed by atoms with Gasteiger partial charge >= 0.3 is 0 Å². The van der Waals surface area contributed by atoms with Gasteiger partial charge in [0.15, 0.2) is 0 Å². The smallest absolute Gasteiger partial charge is 0.0757 e. The predicted octanol–water partition coefficient (Wildman–Crippen LogP) is 5.47. The molecule has 1 atom stereocenters. The summed E-state index contributed by atoms with van der Waals surface area (Å²) in [5, 5.41) is 1.43. The lowest BCUT2D eigenvalue weighted by Gasteiger charge is -2.35. The van der Waals surface area contributed by atoms with Crippen molar-refractivity contribution < 1.29 is 0 Å². The van der Waals surface area contributed by atoms with Gasteiger partial charge in [-0.25, -0.2) is 0 Å². The second-order valence-electron chi connectivity index (χ2n) is 8.64. The van der Waals surface area contributed by atoms with Crippen molar-refractivity contribution in [1.82, 2.24) is 14.5 Å². The van der Waals surface area contributed by atoms with Gasteiger partial charge in [-0.1, -0.05) is 48.0 Å². The lowest BCUT2D eigenvalue weighted by atomic mass is 9.92. The lowest BCUT2D eigenvalue weighted by Crippen LogP contribution is -2.34. The van der Waals surface area contributed by atoms with Crippen molar-refractivity contribution in [3.63, 3.8) is 0 Å². The van der Waals surface area contributed by atoms with Gasteiger partial charge in [0.2, 0.25) is 0 Å². The number of aromatic nitrogens is 2. The van der Waals surface area contributed by atoms with Crippen LogP contribution in [0.15, 0.2) is 66.9 Å². The number of rotatable bonds is 4. The topological polar surface area (TPSA) is 21.1 Å². The summed E-state index contributed by atoms with van der Waals surface area (Å²) in [6, 6.07) is 22.5. The summed E-state index contributed by atoms with van der Waals surface area (Å²) in [5.74, 6) is 0. The highest BCUT2D eigenvalue weighted by atomic mass is 15.2. The number of likely N-dealkylation sites (N-methyl/N-ethyl adjacent to an activating group) is 1. The maximum atomic E-state index is 4.50. The Morgan fingerprint density at radius 1 is 1.00 bits per heavy atom. The van der Waals surface area contributed by atoms with Crippen LogP contribution >= 0.6 is 0 Å². The van der Waals surface area contributed by atoms with Crippen LogP contribution in [0.2, 0.25) is 0 Å². The molecule has 0 amide bonds. The van der Waals surface area contributed by atoms with E-state index in [1.165, 1.54) is 38.9 Å². The molecular formula is C27H29N3. The Morgan fingerprint density at radius 2 is 1.83 bits per heavy atom. The molecule has 0 bridgehead atoms. The van der Waals surface area contributed by atoms with E-state index >= 15 is 0 Å². The summed E-state index contributed by atoms with van der Waals surface area (Å²) in [7, 11) is 2.26. The highest BCUT2D eigenvalue weighted by Gasteiger charge is 2.32. The van der Waals surface area contributed by atoms with Crippen LogP contribution in [0, 0.1) is 13.8 Å². The van der Waals surface area contributed by atoms with E-state index in [-0.39, 0.29) is 0 Å². The van der Waals surface area contributed by atoms with Gasteiger partial charge in [0.1, 0.15) is 0 Å². The molecule has 1 aliphatic heterocycles. The second-order valence-corrected chi connectivity index (χ2v) is 8.64. The molecule has 5 rings (SSSR count). The molecule has 0 aliphatic carbocycles. The third-order valence-electron chi connectivity index (χ3n) is 6.49. The van der Waals surface area contributed by atoms with Crippen molar-refractivity contribution in [1.29, 1.82) is 0 Å². The Bertz CT molecular complexity index is 1170. The molecule has 2 aromatic carbocycles. The number of aryl methyl sites for hydroxylation is 4. The van der Waals surface area contributed by atoms with Crippen molar-refractivity contribution in [2.45, 2.75) is 39.3 Å². The molecule has 0 saturated heterocycles. The molecule has 0 fully saturated rings. The van der Waals surface area contributed by atoms with Crippen LogP contribution < -0.4 is 0 Å². The fourth-order valence-corrected chi connectivity index (χ4v) is 4.93. The molecule has 1 unspecified atom stereocenters. The first-order valence-corrected chi connectivity index (χ1v) is 10.9. The van der Waals surface area contributed by atoms with Gasteiger partial charge < -0.3 is 4.57 Å². The number of pyridine rings is 1. The Hall–Kier alpha value is -2.91. The molecule has 1 aliphatic rings. The molecule has 3 nitrogen and oxygen atoms in total. The average molecular weight is 396 g/mol. The quantitative estimate of drug-likeness (QED) is 0.457. The number of fused-ring (bicyclic) bond motifs is 3. The Balaban J connectivity index is 1.65. The van der Waals surface area contributed by atoms with Crippen molar-refractivity contribution >= 4 is 10.9 Å². The van der Waals surface area contributed by atoms with Gasteiger partial charge in [-0.2, -0.15) is 0 Å². The summed E-state index contributed by atoms with van der Waals surface area (Å²) in [6.07, 6.45) is 4.12. The van der Waals surface area contributed by atoms with Gasteiger partial charge in [-0.05, 0) is 68.6 Å². The molecule has 3 heteroatoms. The van der Waals surface area contributed by atoms with Crippen molar-refractivity contribution in [2.75, 3.05) is 13.6 Å². The standard InChI is InChI=1S/C27H29N3/c1-19-9-12-25-24(17-19)23-14-15-29(3)26(22-7-5-4-6-8-22)27(23)30(25)16-13-21-11-10-20(2)28-18-21/h4-12,17-18,26H,13-16H2,1-3H3. The van der Waals surface area contributed by atoms with Crippen LogP contribution in [-0.2, 0) is 19.4 Å². The lowest BCUT2D eigenvalue weighted by molar-refractivity contribution is 0.255. The van der Waals surface area contributed by atoms with Crippen LogP contribution in [0.4, 0.5) is 0 Å². The molecule has 0 N–H and O–H groups in total. The largest absolute Gasteiger partial charge is 0.342 e. The van der Waals surface area contributed by atoms with E-state index in [1.807, 2.05) is 13.1 Å². The first-order chi connectivity index (χ1) is 14.6. The highest BCUT2D eigenvalue weighted by molar-refractivity contribution is 5.87. The van der Waals surface area contributed by atoms with Gasteiger partial charge in [-0.15, -0.1) is 0 Å². The van der Waals surface area contributed by atoms with Crippen LogP contribution in [-0.4, -0.2) is 28.0 Å². The maximum absolute atomic E-state index is 4.50. The van der Waals surface area contributed by atoms with Crippen LogP contribution in [0.5, 0.6) is 0 Å². The minimum Gasteiger partial charge on any atom is -0.342 e. The summed E-state index contributed by atoms with van der Waals surface area (Å²) in [4.78, 5) is 7.00. The summed E-state index contributed by atoms with van der Waals surface area (Å²) < 4.78 is 2.58.